The van der Waals surface area contributed by atoms with Gasteiger partial charge in [-0.25, -0.2) is 4.98 Å². The molecule has 1 heterocycles. The maximum atomic E-state index is 12.5. The number of aryl methyl sites for hydroxylation is 2. The largest absolute Gasteiger partial charge is 0.330 e. The highest BCUT2D eigenvalue weighted by Crippen LogP contribution is 2.23. The molecule has 0 fully saturated rings. The van der Waals surface area contributed by atoms with E-state index in [0.717, 1.165) is 10.6 Å². The van der Waals surface area contributed by atoms with Gasteiger partial charge in [0.2, 0.25) is 5.91 Å². The first-order valence-corrected chi connectivity index (χ1v) is 8.87. The monoisotopic (exact) mass is 385 g/mol. The molecule has 1 aromatic heterocycles. The Morgan fingerprint density at radius 1 is 1.25 bits per heavy atom. The number of nitrogens with one attached hydrogen (secondary N) is 1. The Morgan fingerprint density at radius 2 is 1.96 bits per heavy atom. The highest BCUT2D eigenvalue weighted by Gasteiger charge is 2.19. The van der Waals surface area contributed by atoms with Gasteiger partial charge in [-0.2, -0.15) is 0 Å². The number of thiazole rings is 1. The third-order valence-corrected chi connectivity index (χ3v) is 5.17. The Morgan fingerprint density at radius 3 is 2.50 bits per heavy atom. The minimum absolute atomic E-state index is 0.0622. The molecule has 2 rings (SSSR count). The Kier molecular flexibility index (Phi) is 6.21. The number of amides is 2. The zero-order valence-electron chi connectivity index (χ0n) is 13.5. The van der Waals surface area contributed by atoms with E-state index in [-0.39, 0.29) is 18.4 Å². The smallest absolute Gasteiger partial charge is 0.254 e. The van der Waals surface area contributed by atoms with Crippen molar-refractivity contribution in [2.75, 3.05) is 18.4 Å². The maximum Gasteiger partial charge on any atom is 0.254 e. The van der Waals surface area contributed by atoms with E-state index in [4.69, 9.17) is 23.2 Å². The molecule has 1 N–H and O–H groups in total. The molecule has 0 aliphatic heterocycles. The first-order valence-electron chi connectivity index (χ1n) is 7.30. The van der Waals surface area contributed by atoms with Gasteiger partial charge in [0.15, 0.2) is 5.13 Å². The number of aromatic nitrogens is 1. The Hall–Kier alpha value is -1.63. The topological polar surface area (TPSA) is 62.3 Å². The van der Waals surface area contributed by atoms with Gasteiger partial charge >= 0.3 is 0 Å². The van der Waals surface area contributed by atoms with E-state index in [0.29, 0.717) is 27.3 Å². The average molecular weight is 386 g/mol. The summed E-state index contributed by atoms with van der Waals surface area (Å²) in [6.07, 6.45) is 0. The SMILES string of the molecule is CCN(CC(=O)Nc1nc(C)c(C)s1)C(=O)c1ccc(Cl)c(Cl)c1. The van der Waals surface area contributed by atoms with Gasteiger partial charge in [0.25, 0.3) is 5.91 Å². The number of carbonyl (C=O) groups excluding carboxylic acids is 2. The second-order valence-corrected chi connectivity index (χ2v) is 7.17. The van der Waals surface area contributed by atoms with Crippen molar-refractivity contribution < 1.29 is 9.59 Å². The molecule has 0 radical (unpaired) electrons. The minimum atomic E-state index is -0.293. The van der Waals surface area contributed by atoms with Crippen LogP contribution in [0.15, 0.2) is 18.2 Å². The number of anilines is 1. The van der Waals surface area contributed by atoms with Crippen LogP contribution in [0.5, 0.6) is 0 Å². The zero-order chi connectivity index (χ0) is 17.9. The van der Waals surface area contributed by atoms with E-state index >= 15 is 0 Å². The first kappa shape index (κ1) is 18.7. The van der Waals surface area contributed by atoms with Crippen LogP contribution in [0.25, 0.3) is 0 Å². The second-order valence-electron chi connectivity index (χ2n) is 5.16. The van der Waals surface area contributed by atoms with Gasteiger partial charge in [0, 0.05) is 17.0 Å². The molecular formula is C16H17Cl2N3O2S. The number of hydrogen-bond acceptors (Lipinski definition) is 4. The summed E-state index contributed by atoms with van der Waals surface area (Å²) in [5.74, 6) is -0.572. The van der Waals surface area contributed by atoms with Crippen LogP contribution in [0.2, 0.25) is 10.0 Å². The van der Waals surface area contributed by atoms with Crippen molar-refractivity contribution in [1.29, 1.82) is 0 Å². The van der Waals surface area contributed by atoms with E-state index < -0.39 is 0 Å². The van der Waals surface area contributed by atoms with Crippen LogP contribution in [-0.2, 0) is 4.79 Å². The Balaban J connectivity index is 2.06. The van der Waals surface area contributed by atoms with Crippen molar-refractivity contribution in [2.24, 2.45) is 0 Å². The lowest BCUT2D eigenvalue weighted by atomic mass is 10.2. The second kappa shape index (κ2) is 7.96. The molecule has 0 saturated carbocycles. The molecule has 2 amide bonds. The quantitative estimate of drug-likeness (QED) is 0.839. The summed E-state index contributed by atoms with van der Waals surface area (Å²) in [5, 5.41) is 3.94. The highest BCUT2D eigenvalue weighted by atomic mass is 35.5. The van der Waals surface area contributed by atoms with Gasteiger partial charge in [-0.3, -0.25) is 9.59 Å². The molecule has 0 atom stereocenters. The molecule has 1 aromatic carbocycles. The molecule has 0 spiro atoms. The van der Waals surface area contributed by atoms with Crippen molar-refractivity contribution in [2.45, 2.75) is 20.8 Å². The summed E-state index contributed by atoms with van der Waals surface area (Å²) in [5.41, 5.74) is 1.27. The lowest BCUT2D eigenvalue weighted by Gasteiger charge is -2.20. The van der Waals surface area contributed by atoms with Gasteiger partial charge in [-0.1, -0.05) is 23.2 Å². The third-order valence-electron chi connectivity index (χ3n) is 3.44. The van der Waals surface area contributed by atoms with Crippen LogP contribution in [0.1, 0.15) is 27.9 Å². The number of carbonyl (C=O) groups is 2. The summed E-state index contributed by atoms with van der Waals surface area (Å²) in [6.45, 7) is 5.96. The summed E-state index contributed by atoms with van der Waals surface area (Å²) >= 11 is 13.2. The predicted molar refractivity (Wildman–Crippen MR) is 98.3 cm³/mol. The molecule has 128 valence electrons. The zero-order valence-corrected chi connectivity index (χ0v) is 15.8. The summed E-state index contributed by atoms with van der Waals surface area (Å²) < 4.78 is 0. The van der Waals surface area contributed by atoms with Crippen molar-refractivity contribution in [1.82, 2.24) is 9.88 Å². The molecule has 24 heavy (non-hydrogen) atoms. The van der Waals surface area contributed by atoms with Crippen molar-refractivity contribution in [3.63, 3.8) is 0 Å². The molecule has 0 saturated heterocycles. The van der Waals surface area contributed by atoms with Gasteiger partial charge in [0.1, 0.15) is 6.54 Å². The molecule has 8 heteroatoms. The van der Waals surface area contributed by atoms with E-state index in [2.05, 4.69) is 10.3 Å². The van der Waals surface area contributed by atoms with Gasteiger partial charge in [-0.15, -0.1) is 11.3 Å². The third kappa shape index (κ3) is 4.47. The fraction of sp³-hybridized carbons (Fsp3) is 0.312. The predicted octanol–water partition coefficient (Wildman–Crippen LogP) is 4.17. The molecule has 5 nitrogen and oxygen atoms in total. The Bertz CT molecular complexity index is 757. The van der Waals surface area contributed by atoms with Gasteiger partial charge in [-0.05, 0) is 39.0 Å². The summed E-state index contributed by atoms with van der Waals surface area (Å²) in [6, 6.07) is 4.65. The fourth-order valence-electron chi connectivity index (χ4n) is 2.00. The van der Waals surface area contributed by atoms with Crippen LogP contribution in [0, 0.1) is 13.8 Å². The summed E-state index contributed by atoms with van der Waals surface area (Å²) in [4.78, 5) is 31.4. The number of benzene rings is 1. The lowest BCUT2D eigenvalue weighted by Crippen LogP contribution is -2.37. The van der Waals surface area contributed by atoms with Crippen LogP contribution in [0.3, 0.4) is 0 Å². The Labute approximate surface area is 154 Å². The number of rotatable bonds is 5. The standard InChI is InChI=1S/C16H17Cl2N3O2S/c1-4-21(15(23)11-5-6-12(17)13(18)7-11)8-14(22)20-16-19-9(2)10(3)24-16/h5-7H,4,8H2,1-3H3,(H,19,20,22). The van der Waals surface area contributed by atoms with Crippen LogP contribution in [0.4, 0.5) is 5.13 Å². The molecule has 0 bridgehead atoms. The van der Waals surface area contributed by atoms with E-state index in [1.54, 1.807) is 19.1 Å². The molecule has 0 aliphatic rings. The van der Waals surface area contributed by atoms with E-state index in [1.807, 2.05) is 13.8 Å². The molecular weight excluding hydrogens is 369 g/mol. The van der Waals surface area contributed by atoms with E-state index in [9.17, 15) is 9.59 Å². The van der Waals surface area contributed by atoms with Crippen LogP contribution < -0.4 is 5.32 Å². The number of hydrogen-bond donors (Lipinski definition) is 1. The molecule has 2 aromatic rings. The number of halogens is 2. The first-order chi connectivity index (χ1) is 11.3. The van der Waals surface area contributed by atoms with Crippen molar-refractivity contribution in [3.8, 4) is 0 Å². The molecule has 0 aliphatic carbocycles. The number of likely N-dealkylation sites (N-methyl/N-ethyl adjacent to an activating group) is 1. The minimum Gasteiger partial charge on any atom is -0.330 e. The van der Waals surface area contributed by atoms with Gasteiger partial charge in [0.05, 0.1) is 15.7 Å². The van der Waals surface area contributed by atoms with Crippen molar-refractivity contribution >= 4 is 51.5 Å². The normalized spacial score (nSPS) is 10.5. The van der Waals surface area contributed by atoms with Crippen LogP contribution >= 0.6 is 34.5 Å². The van der Waals surface area contributed by atoms with E-state index in [1.165, 1.54) is 22.3 Å². The lowest BCUT2D eigenvalue weighted by molar-refractivity contribution is -0.116. The van der Waals surface area contributed by atoms with Crippen LogP contribution in [-0.4, -0.2) is 34.8 Å². The number of nitrogens with zero attached hydrogens (tertiary/aromatic N) is 2. The van der Waals surface area contributed by atoms with Crippen molar-refractivity contribution in [3.05, 3.63) is 44.4 Å². The fourth-order valence-corrected chi connectivity index (χ4v) is 3.13. The maximum absolute atomic E-state index is 12.5. The van der Waals surface area contributed by atoms with Gasteiger partial charge < -0.3 is 10.2 Å². The molecule has 0 unspecified atom stereocenters. The highest BCUT2D eigenvalue weighted by molar-refractivity contribution is 7.15. The summed E-state index contributed by atoms with van der Waals surface area (Å²) in [7, 11) is 0. The average Bonchev–Trinajstić information content (AvgIpc) is 2.84.